The maximum atomic E-state index is 12.2. The fourth-order valence-corrected chi connectivity index (χ4v) is 3.64. The molecule has 4 nitrogen and oxygen atoms in total. The molecule has 22 heavy (non-hydrogen) atoms. The van der Waals surface area contributed by atoms with Crippen molar-refractivity contribution in [3.05, 3.63) is 46.8 Å². The van der Waals surface area contributed by atoms with Crippen LogP contribution in [0.5, 0.6) is 0 Å². The number of anilines is 1. The fraction of sp³-hybridized carbons (Fsp3) is 0.188. The number of nitrogens with two attached hydrogens (primary N) is 1. The maximum Gasteiger partial charge on any atom is 0.191 e. The van der Waals surface area contributed by atoms with Gasteiger partial charge in [0.2, 0.25) is 0 Å². The predicted molar refractivity (Wildman–Crippen MR) is 92.7 cm³/mol. The van der Waals surface area contributed by atoms with Crippen molar-refractivity contribution < 1.29 is 4.79 Å². The minimum atomic E-state index is 0.0705. The van der Waals surface area contributed by atoms with E-state index in [0.717, 1.165) is 22.2 Å². The molecule has 0 spiro atoms. The molecule has 0 aliphatic rings. The van der Waals surface area contributed by atoms with Gasteiger partial charge in [-0.1, -0.05) is 43.0 Å². The zero-order valence-electron chi connectivity index (χ0n) is 12.1. The number of carbonyl (C=O) groups excluding carboxylic acids is 1. The molecule has 2 aromatic heterocycles. The van der Waals surface area contributed by atoms with E-state index in [9.17, 15) is 4.79 Å². The Hall–Kier alpha value is -1.92. The highest BCUT2D eigenvalue weighted by Gasteiger charge is 2.11. The third-order valence-electron chi connectivity index (χ3n) is 3.35. The smallest absolute Gasteiger partial charge is 0.191 e. The molecule has 0 aliphatic heterocycles. The Balaban J connectivity index is 1.71. The van der Waals surface area contributed by atoms with Gasteiger partial charge < -0.3 is 5.73 Å². The zero-order valence-corrected chi connectivity index (χ0v) is 13.7. The second-order valence-corrected chi connectivity index (χ2v) is 6.63. The van der Waals surface area contributed by atoms with Crippen LogP contribution in [0.4, 0.5) is 5.82 Å². The molecular weight excluding hydrogens is 314 g/mol. The number of ketones is 1. The number of hydrogen-bond acceptors (Lipinski definition) is 6. The Labute approximate surface area is 136 Å². The molecule has 0 atom stereocenters. The molecular formula is C16H15N3OS2. The molecule has 0 fully saturated rings. The zero-order chi connectivity index (χ0) is 15.5. The van der Waals surface area contributed by atoms with Gasteiger partial charge in [0.15, 0.2) is 10.9 Å². The van der Waals surface area contributed by atoms with Crippen LogP contribution in [0.2, 0.25) is 0 Å². The number of nitrogen functional groups attached to an aromatic ring is 1. The molecule has 0 unspecified atom stereocenters. The summed E-state index contributed by atoms with van der Waals surface area (Å²) in [7, 11) is 0. The number of nitrogens with zero attached hydrogens (tertiary/aromatic N) is 2. The average molecular weight is 329 g/mol. The van der Waals surface area contributed by atoms with Gasteiger partial charge in [-0.3, -0.25) is 4.79 Å². The van der Waals surface area contributed by atoms with E-state index >= 15 is 0 Å². The lowest BCUT2D eigenvalue weighted by molar-refractivity contribution is 0.102. The summed E-state index contributed by atoms with van der Waals surface area (Å²) in [6.45, 7) is 2.09. The van der Waals surface area contributed by atoms with E-state index in [1.807, 2.05) is 35.7 Å². The standard InChI is InChI=1S/C16H15N3OS2/c1-2-10-3-5-11(6-4-10)13(20)9-22-16-18-14(17)12-7-8-21-15(12)19-16/h3-8H,2,9H2,1H3,(H2,17,18,19). The Kier molecular flexibility index (Phi) is 4.40. The largest absolute Gasteiger partial charge is 0.383 e. The summed E-state index contributed by atoms with van der Waals surface area (Å²) >= 11 is 2.84. The first-order chi connectivity index (χ1) is 10.7. The molecule has 3 aromatic rings. The van der Waals surface area contributed by atoms with Gasteiger partial charge >= 0.3 is 0 Å². The molecule has 0 amide bonds. The first-order valence-corrected chi connectivity index (χ1v) is 8.79. The summed E-state index contributed by atoms with van der Waals surface area (Å²) < 4.78 is 0. The van der Waals surface area contributed by atoms with Crippen LogP contribution >= 0.6 is 23.1 Å². The highest BCUT2D eigenvalue weighted by atomic mass is 32.2. The van der Waals surface area contributed by atoms with Crippen LogP contribution in [0.15, 0.2) is 40.9 Å². The van der Waals surface area contributed by atoms with Crippen molar-refractivity contribution in [1.29, 1.82) is 0 Å². The van der Waals surface area contributed by atoms with Gasteiger partial charge in [0.05, 0.1) is 11.1 Å². The number of benzene rings is 1. The van der Waals surface area contributed by atoms with Gasteiger partial charge in [0.25, 0.3) is 0 Å². The number of hydrogen-bond donors (Lipinski definition) is 1. The van der Waals surface area contributed by atoms with E-state index in [1.54, 1.807) is 0 Å². The van der Waals surface area contributed by atoms with Crippen molar-refractivity contribution in [2.24, 2.45) is 0 Å². The predicted octanol–water partition coefficient (Wildman–Crippen LogP) is 3.81. The maximum absolute atomic E-state index is 12.2. The summed E-state index contributed by atoms with van der Waals surface area (Å²) in [4.78, 5) is 21.7. The van der Waals surface area contributed by atoms with Crippen LogP contribution in [0, 0.1) is 0 Å². The van der Waals surface area contributed by atoms with Crippen LogP contribution in [-0.2, 0) is 6.42 Å². The van der Waals surface area contributed by atoms with Crippen LogP contribution in [0.3, 0.4) is 0 Å². The van der Waals surface area contributed by atoms with Gasteiger partial charge in [0.1, 0.15) is 10.6 Å². The molecule has 0 radical (unpaired) electrons. The second-order valence-electron chi connectivity index (χ2n) is 4.79. The van der Waals surface area contributed by atoms with E-state index in [0.29, 0.717) is 16.7 Å². The molecule has 112 valence electrons. The van der Waals surface area contributed by atoms with Crippen molar-refractivity contribution in [3.8, 4) is 0 Å². The second kappa shape index (κ2) is 6.46. The van der Waals surface area contributed by atoms with E-state index in [2.05, 4.69) is 16.9 Å². The first kappa shape index (κ1) is 15.0. The lowest BCUT2D eigenvalue weighted by Gasteiger charge is -2.03. The van der Waals surface area contributed by atoms with E-state index < -0.39 is 0 Å². The first-order valence-electron chi connectivity index (χ1n) is 6.93. The number of carbonyl (C=O) groups is 1. The number of aromatic nitrogens is 2. The monoisotopic (exact) mass is 329 g/mol. The van der Waals surface area contributed by atoms with Crippen molar-refractivity contribution in [2.45, 2.75) is 18.5 Å². The van der Waals surface area contributed by atoms with E-state index in [4.69, 9.17) is 5.73 Å². The number of rotatable bonds is 5. The normalized spacial score (nSPS) is 11.0. The highest BCUT2D eigenvalue weighted by Crippen LogP contribution is 2.26. The Morgan fingerprint density at radius 2 is 2.00 bits per heavy atom. The van der Waals surface area contributed by atoms with Gasteiger partial charge in [-0.25, -0.2) is 9.97 Å². The minimum Gasteiger partial charge on any atom is -0.383 e. The number of thiophene rings is 1. The van der Waals surface area contributed by atoms with Crippen LogP contribution in [-0.4, -0.2) is 21.5 Å². The van der Waals surface area contributed by atoms with Crippen molar-refractivity contribution in [3.63, 3.8) is 0 Å². The topological polar surface area (TPSA) is 68.9 Å². The molecule has 0 saturated carbocycles. The van der Waals surface area contributed by atoms with Crippen molar-refractivity contribution in [2.75, 3.05) is 11.5 Å². The number of Topliss-reactive ketones (excluding diaryl/α,β-unsaturated/α-hetero) is 1. The lowest BCUT2D eigenvalue weighted by Crippen LogP contribution is -2.04. The lowest BCUT2D eigenvalue weighted by atomic mass is 10.1. The average Bonchev–Trinajstić information content (AvgIpc) is 3.02. The quantitative estimate of drug-likeness (QED) is 0.438. The van der Waals surface area contributed by atoms with Gasteiger partial charge in [0, 0.05) is 5.56 Å². The summed E-state index contributed by atoms with van der Waals surface area (Å²) in [6.07, 6.45) is 0.969. The molecule has 0 bridgehead atoms. The third-order valence-corrected chi connectivity index (χ3v) is 5.00. The van der Waals surface area contributed by atoms with Gasteiger partial charge in [-0.05, 0) is 23.4 Å². The molecule has 2 N–H and O–H groups in total. The van der Waals surface area contributed by atoms with E-state index in [-0.39, 0.29) is 5.78 Å². The Morgan fingerprint density at radius 3 is 2.73 bits per heavy atom. The van der Waals surface area contributed by atoms with Gasteiger partial charge in [-0.2, -0.15) is 0 Å². The number of fused-ring (bicyclic) bond motifs is 1. The van der Waals surface area contributed by atoms with Crippen LogP contribution in [0.25, 0.3) is 10.2 Å². The third kappa shape index (κ3) is 3.13. The molecule has 6 heteroatoms. The Bertz CT molecular complexity index is 812. The molecule has 1 aromatic carbocycles. The molecule has 2 heterocycles. The molecule has 0 saturated heterocycles. The molecule has 0 aliphatic carbocycles. The molecule has 3 rings (SSSR count). The number of thioether (sulfide) groups is 1. The highest BCUT2D eigenvalue weighted by molar-refractivity contribution is 7.99. The van der Waals surface area contributed by atoms with Gasteiger partial charge in [-0.15, -0.1) is 11.3 Å². The summed E-state index contributed by atoms with van der Waals surface area (Å²) in [5, 5.41) is 3.35. The van der Waals surface area contributed by atoms with Crippen LogP contribution < -0.4 is 5.73 Å². The fourth-order valence-electron chi connectivity index (χ4n) is 2.06. The summed E-state index contributed by atoms with van der Waals surface area (Å²) in [6, 6.07) is 9.64. The minimum absolute atomic E-state index is 0.0705. The van der Waals surface area contributed by atoms with Crippen LogP contribution in [0.1, 0.15) is 22.8 Å². The van der Waals surface area contributed by atoms with Crippen molar-refractivity contribution in [1.82, 2.24) is 9.97 Å². The summed E-state index contributed by atoms with van der Waals surface area (Å²) in [5.74, 6) is 0.844. The Morgan fingerprint density at radius 1 is 1.23 bits per heavy atom. The summed E-state index contributed by atoms with van der Waals surface area (Å²) in [5.41, 5.74) is 7.85. The SMILES string of the molecule is CCc1ccc(C(=O)CSc2nc(N)c3ccsc3n2)cc1. The van der Waals surface area contributed by atoms with E-state index in [1.165, 1.54) is 28.7 Å². The number of aryl methyl sites for hydroxylation is 1. The van der Waals surface area contributed by atoms with Crippen molar-refractivity contribution >= 4 is 44.9 Å².